The van der Waals surface area contributed by atoms with Gasteiger partial charge in [-0.2, -0.15) is 0 Å². The van der Waals surface area contributed by atoms with Gasteiger partial charge in [0.2, 0.25) is 0 Å². The zero-order chi connectivity index (χ0) is 20.4. The molecule has 2 aliphatic rings. The molecule has 0 radical (unpaired) electrons. The van der Waals surface area contributed by atoms with Crippen molar-refractivity contribution < 1.29 is 13.9 Å². The molecule has 0 aliphatic carbocycles. The maximum Gasteiger partial charge on any atom is 0.319 e. The normalized spacial score (nSPS) is 18.4. The van der Waals surface area contributed by atoms with Crippen LogP contribution in [0.25, 0.3) is 11.4 Å². The molecule has 0 spiro atoms. The zero-order valence-electron chi connectivity index (χ0n) is 16.6. The highest BCUT2D eigenvalue weighted by atomic mass is 19.1. The summed E-state index contributed by atoms with van der Waals surface area (Å²) in [5, 5.41) is 8.54. The van der Waals surface area contributed by atoms with Gasteiger partial charge in [0, 0.05) is 37.4 Å². The fraction of sp³-hybridized carbons (Fsp3) is 0.450. The number of carbonyl (C=O) groups is 1. The molecule has 3 heterocycles. The van der Waals surface area contributed by atoms with E-state index in [1.54, 1.807) is 12.1 Å². The first-order valence-corrected chi connectivity index (χ1v) is 9.86. The van der Waals surface area contributed by atoms with Gasteiger partial charge in [-0.3, -0.25) is 0 Å². The third kappa shape index (κ3) is 4.01. The fourth-order valence-corrected chi connectivity index (χ4v) is 3.66. The van der Waals surface area contributed by atoms with Gasteiger partial charge in [0.05, 0.1) is 30.5 Å². The van der Waals surface area contributed by atoms with Gasteiger partial charge >= 0.3 is 6.03 Å². The van der Waals surface area contributed by atoms with Crippen molar-refractivity contribution in [3.05, 3.63) is 35.3 Å². The van der Waals surface area contributed by atoms with Crippen LogP contribution in [0.1, 0.15) is 25.1 Å². The first-order valence-electron chi connectivity index (χ1n) is 9.86. The van der Waals surface area contributed by atoms with Crippen LogP contribution in [0.3, 0.4) is 0 Å². The zero-order valence-corrected chi connectivity index (χ0v) is 16.6. The summed E-state index contributed by atoms with van der Waals surface area (Å²) in [5.41, 5.74) is 2.65. The van der Waals surface area contributed by atoms with Gasteiger partial charge in [0.15, 0.2) is 5.82 Å². The number of morpholine rings is 1. The Morgan fingerprint density at radius 1 is 1.38 bits per heavy atom. The first kappa shape index (κ1) is 19.5. The summed E-state index contributed by atoms with van der Waals surface area (Å²) in [6.45, 7) is 7.75. The number of halogens is 1. The van der Waals surface area contributed by atoms with Crippen LogP contribution >= 0.6 is 0 Å². The number of aromatic nitrogens is 2. The number of nitrogens with zero attached hydrogens (tertiary/aromatic N) is 3. The number of rotatable bonds is 4. The number of anilines is 2. The minimum Gasteiger partial charge on any atom is -0.377 e. The molecule has 9 heteroatoms. The molecule has 0 bridgehead atoms. The summed E-state index contributed by atoms with van der Waals surface area (Å²) < 4.78 is 20.4. The first-order chi connectivity index (χ1) is 14.1. The van der Waals surface area contributed by atoms with Gasteiger partial charge in [0.25, 0.3) is 0 Å². The molecule has 2 amide bonds. The van der Waals surface area contributed by atoms with Crippen molar-refractivity contribution in [2.24, 2.45) is 0 Å². The van der Waals surface area contributed by atoms with Crippen molar-refractivity contribution in [3.63, 3.8) is 0 Å². The van der Waals surface area contributed by atoms with Gasteiger partial charge in [-0.15, -0.1) is 0 Å². The van der Waals surface area contributed by atoms with Gasteiger partial charge in [-0.1, -0.05) is 0 Å². The second-order valence-electron chi connectivity index (χ2n) is 7.20. The van der Waals surface area contributed by atoms with Crippen molar-refractivity contribution in [1.82, 2.24) is 20.6 Å². The quantitative estimate of drug-likeness (QED) is 0.729. The Morgan fingerprint density at radius 3 is 3.00 bits per heavy atom. The maximum atomic E-state index is 14.9. The van der Waals surface area contributed by atoms with Gasteiger partial charge in [-0.05, 0) is 32.0 Å². The predicted octanol–water partition coefficient (Wildman–Crippen LogP) is 2.25. The molecule has 1 aromatic heterocycles. The van der Waals surface area contributed by atoms with Gasteiger partial charge in [-0.25, -0.2) is 19.2 Å². The number of carbonyl (C=O) groups excluding carboxylic acids is 1. The maximum absolute atomic E-state index is 14.9. The van der Waals surface area contributed by atoms with Crippen molar-refractivity contribution in [2.45, 2.75) is 33.0 Å². The molecule has 4 rings (SSSR count). The third-order valence-corrected chi connectivity index (χ3v) is 5.11. The minimum absolute atomic E-state index is 0.185. The topological polar surface area (TPSA) is 91.4 Å². The van der Waals surface area contributed by atoms with E-state index in [-0.39, 0.29) is 12.1 Å². The van der Waals surface area contributed by atoms with Crippen molar-refractivity contribution in [2.75, 3.05) is 36.5 Å². The number of amides is 2. The van der Waals surface area contributed by atoms with E-state index < -0.39 is 5.82 Å². The summed E-state index contributed by atoms with van der Waals surface area (Å²) in [6.07, 6.45) is 0. The number of hydrogen-bond acceptors (Lipinski definition) is 6. The molecular weight excluding hydrogens is 375 g/mol. The van der Waals surface area contributed by atoms with E-state index in [9.17, 15) is 9.18 Å². The van der Waals surface area contributed by atoms with Crippen molar-refractivity contribution >= 4 is 17.5 Å². The van der Waals surface area contributed by atoms with Crippen LogP contribution in [0.4, 0.5) is 20.7 Å². The van der Waals surface area contributed by atoms with Crippen molar-refractivity contribution in [3.8, 4) is 11.4 Å². The van der Waals surface area contributed by atoms with E-state index in [0.29, 0.717) is 49.9 Å². The predicted molar refractivity (Wildman–Crippen MR) is 108 cm³/mol. The molecule has 2 aliphatic heterocycles. The molecule has 3 N–H and O–H groups in total. The average Bonchev–Trinajstić information content (AvgIpc) is 3.17. The van der Waals surface area contributed by atoms with Crippen LogP contribution in [0, 0.1) is 5.82 Å². The monoisotopic (exact) mass is 400 g/mol. The molecule has 1 saturated heterocycles. The van der Waals surface area contributed by atoms with Crippen LogP contribution in [0.5, 0.6) is 0 Å². The van der Waals surface area contributed by atoms with E-state index in [4.69, 9.17) is 9.72 Å². The third-order valence-electron chi connectivity index (χ3n) is 5.11. The highest BCUT2D eigenvalue weighted by Gasteiger charge is 2.28. The molecular formula is C20H25FN6O2. The minimum atomic E-state index is -0.480. The largest absolute Gasteiger partial charge is 0.377 e. The van der Waals surface area contributed by atoms with E-state index >= 15 is 0 Å². The summed E-state index contributed by atoms with van der Waals surface area (Å²) >= 11 is 0. The van der Waals surface area contributed by atoms with Crippen molar-refractivity contribution in [1.29, 1.82) is 0 Å². The summed E-state index contributed by atoms with van der Waals surface area (Å²) in [4.78, 5) is 23.2. The highest BCUT2D eigenvalue weighted by Crippen LogP contribution is 2.31. The van der Waals surface area contributed by atoms with Crippen LogP contribution < -0.4 is 20.9 Å². The number of fused-ring (bicyclic) bond motifs is 1. The van der Waals surface area contributed by atoms with Crippen LogP contribution in [-0.2, 0) is 17.8 Å². The fourth-order valence-electron chi connectivity index (χ4n) is 3.66. The summed E-state index contributed by atoms with van der Waals surface area (Å²) in [5.74, 6) is 0.712. The highest BCUT2D eigenvalue weighted by molar-refractivity contribution is 5.89. The second kappa shape index (κ2) is 8.30. The van der Waals surface area contributed by atoms with Crippen LogP contribution in [-0.4, -0.2) is 48.3 Å². The number of urea groups is 1. The molecule has 8 nitrogen and oxygen atoms in total. The summed E-state index contributed by atoms with van der Waals surface area (Å²) in [6, 6.07) is 4.36. The SMILES string of the molecule is CCNC(=O)Nc1ccc(-c2nc3c(c(N4CCOCC4C)n2)CNC3)c(F)c1. The van der Waals surface area contributed by atoms with Gasteiger partial charge < -0.3 is 25.6 Å². The molecule has 0 saturated carbocycles. The van der Waals surface area contributed by atoms with E-state index in [0.717, 1.165) is 23.6 Å². The number of nitrogens with one attached hydrogen (secondary N) is 3. The Kier molecular flexibility index (Phi) is 5.59. The molecule has 29 heavy (non-hydrogen) atoms. The lowest BCUT2D eigenvalue weighted by molar-refractivity contribution is 0.0984. The lowest BCUT2D eigenvalue weighted by Gasteiger charge is -2.35. The van der Waals surface area contributed by atoms with E-state index in [1.807, 2.05) is 6.92 Å². The standard InChI is InChI=1S/C20H25FN6O2/c1-3-23-20(28)24-13-4-5-14(16(21)8-13)18-25-17-10-22-9-15(17)19(26-18)27-6-7-29-11-12(27)2/h4-5,8,12,22H,3,6-7,9-11H2,1-2H3,(H2,23,24,28). The lowest BCUT2D eigenvalue weighted by atomic mass is 10.1. The number of benzene rings is 1. The molecule has 154 valence electrons. The molecule has 1 fully saturated rings. The van der Waals surface area contributed by atoms with E-state index in [1.165, 1.54) is 6.07 Å². The van der Waals surface area contributed by atoms with Crippen LogP contribution in [0.15, 0.2) is 18.2 Å². The molecule has 1 atom stereocenters. The van der Waals surface area contributed by atoms with E-state index in [2.05, 4.69) is 32.8 Å². The Hall–Kier alpha value is -2.78. The average molecular weight is 400 g/mol. The second-order valence-corrected chi connectivity index (χ2v) is 7.20. The number of ether oxygens (including phenoxy) is 1. The Bertz CT molecular complexity index is 922. The molecule has 1 unspecified atom stereocenters. The molecule has 1 aromatic carbocycles. The Morgan fingerprint density at radius 2 is 2.24 bits per heavy atom. The lowest BCUT2D eigenvalue weighted by Crippen LogP contribution is -2.44. The smallest absolute Gasteiger partial charge is 0.319 e. The number of hydrogen-bond donors (Lipinski definition) is 3. The van der Waals surface area contributed by atoms with Gasteiger partial charge in [0.1, 0.15) is 11.6 Å². The summed E-state index contributed by atoms with van der Waals surface area (Å²) in [7, 11) is 0. The Balaban J connectivity index is 1.68. The molecule has 2 aromatic rings. The Labute approximate surface area is 168 Å². The van der Waals surface area contributed by atoms with Crippen LogP contribution in [0.2, 0.25) is 0 Å².